The lowest BCUT2D eigenvalue weighted by molar-refractivity contribution is -0.124. The molecule has 0 saturated carbocycles. The van der Waals surface area contributed by atoms with E-state index < -0.39 is 23.9 Å². The van der Waals surface area contributed by atoms with Crippen molar-refractivity contribution in [1.29, 1.82) is 5.26 Å². The number of esters is 2. The third-order valence-corrected chi connectivity index (χ3v) is 7.47. The number of anilines is 1. The molecule has 4 aromatic heterocycles. The van der Waals surface area contributed by atoms with Crippen molar-refractivity contribution in [2.24, 2.45) is 0 Å². The van der Waals surface area contributed by atoms with Crippen LogP contribution in [0.15, 0.2) is 63.8 Å². The van der Waals surface area contributed by atoms with E-state index in [9.17, 15) is 19.6 Å². The second-order valence-electron chi connectivity index (χ2n) is 8.96. The highest BCUT2D eigenvalue weighted by molar-refractivity contribution is 7.18. The van der Waals surface area contributed by atoms with E-state index in [-0.39, 0.29) is 34.0 Å². The van der Waals surface area contributed by atoms with Gasteiger partial charge in [0, 0.05) is 0 Å². The molecule has 5 rings (SSSR count). The topological polar surface area (TPSA) is 158 Å². The number of nitrogens with zero attached hydrogens (tertiary/aromatic N) is 3. The Morgan fingerprint density at radius 1 is 1.00 bits per heavy atom. The number of thiophene rings is 1. The van der Waals surface area contributed by atoms with Crippen molar-refractivity contribution in [2.75, 3.05) is 11.9 Å². The third kappa shape index (κ3) is 5.50. The molecule has 0 aliphatic rings. The van der Waals surface area contributed by atoms with Gasteiger partial charge in [0.1, 0.15) is 27.3 Å². The smallest absolute Gasteiger partial charge is 0.348 e. The number of fused-ring (bicyclic) bond motifs is 1. The van der Waals surface area contributed by atoms with Crippen molar-refractivity contribution in [2.45, 2.75) is 33.3 Å². The lowest BCUT2D eigenvalue weighted by Crippen LogP contribution is -2.32. The minimum atomic E-state index is -1.17. The standard InChI is InChI=1S/C30H24N4O7S/c1-4-21(27(35)34-28-18(15-31)16(3)26(42-28)30(37)38-5-2)41-29(36)17-10-11-19-20(14-17)33-25(23-9-7-13-40-23)24(32-19)22-8-6-12-39-22/h6-14,21H,4-5H2,1-3H3,(H,34,35). The number of hydrogen-bond donors (Lipinski definition) is 1. The van der Waals surface area contributed by atoms with Crippen molar-refractivity contribution < 1.29 is 32.7 Å². The molecule has 212 valence electrons. The fourth-order valence-electron chi connectivity index (χ4n) is 4.19. The van der Waals surface area contributed by atoms with E-state index >= 15 is 0 Å². The third-order valence-electron chi connectivity index (χ3n) is 6.28. The quantitative estimate of drug-likeness (QED) is 0.199. The fourth-order valence-corrected chi connectivity index (χ4v) is 5.24. The zero-order chi connectivity index (χ0) is 29.8. The highest BCUT2D eigenvalue weighted by atomic mass is 32.1. The van der Waals surface area contributed by atoms with E-state index in [4.69, 9.17) is 23.3 Å². The number of nitrogens with one attached hydrogen (secondary N) is 1. The average Bonchev–Trinajstić information content (AvgIpc) is 3.77. The Bertz CT molecular complexity index is 1820. The zero-order valence-electron chi connectivity index (χ0n) is 22.8. The maximum atomic E-state index is 13.1. The van der Waals surface area contributed by atoms with Gasteiger partial charge in [-0.1, -0.05) is 6.92 Å². The summed E-state index contributed by atoms with van der Waals surface area (Å²) in [5.74, 6) is -0.987. The number of amides is 1. The molecule has 1 unspecified atom stereocenters. The molecule has 1 aromatic carbocycles. The van der Waals surface area contributed by atoms with Crippen LogP contribution in [0.3, 0.4) is 0 Å². The maximum absolute atomic E-state index is 13.1. The number of aromatic nitrogens is 2. The number of benzene rings is 1. The molecule has 0 fully saturated rings. The van der Waals surface area contributed by atoms with Gasteiger partial charge in [-0.05, 0) is 68.3 Å². The molecular weight excluding hydrogens is 560 g/mol. The molecule has 0 aliphatic carbocycles. The van der Waals surface area contributed by atoms with E-state index in [1.165, 1.54) is 24.7 Å². The molecule has 0 saturated heterocycles. The molecule has 11 nitrogen and oxygen atoms in total. The highest BCUT2D eigenvalue weighted by Gasteiger charge is 2.27. The van der Waals surface area contributed by atoms with Crippen LogP contribution < -0.4 is 5.32 Å². The molecule has 12 heteroatoms. The van der Waals surface area contributed by atoms with Crippen LogP contribution in [0.2, 0.25) is 0 Å². The predicted octanol–water partition coefficient (Wildman–Crippen LogP) is 6.14. The predicted molar refractivity (Wildman–Crippen MR) is 153 cm³/mol. The Hall–Kier alpha value is -5.28. The second kappa shape index (κ2) is 12.1. The Morgan fingerprint density at radius 3 is 2.24 bits per heavy atom. The first-order valence-corrected chi connectivity index (χ1v) is 13.8. The second-order valence-corrected chi connectivity index (χ2v) is 9.98. The van der Waals surface area contributed by atoms with E-state index in [2.05, 4.69) is 10.3 Å². The molecule has 0 bridgehead atoms. The van der Waals surface area contributed by atoms with Crippen LogP contribution in [0.1, 0.15) is 51.4 Å². The first kappa shape index (κ1) is 28.3. The highest BCUT2D eigenvalue weighted by Crippen LogP contribution is 2.34. The Labute approximate surface area is 243 Å². The molecule has 0 aliphatic heterocycles. The summed E-state index contributed by atoms with van der Waals surface area (Å²) in [5, 5.41) is 12.4. The van der Waals surface area contributed by atoms with Gasteiger partial charge in [0.2, 0.25) is 0 Å². The van der Waals surface area contributed by atoms with Crippen LogP contribution in [0.4, 0.5) is 5.00 Å². The fraction of sp³-hybridized carbons (Fsp3) is 0.200. The van der Waals surface area contributed by atoms with Crippen molar-refractivity contribution >= 4 is 45.2 Å². The largest absolute Gasteiger partial charge is 0.463 e. The van der Waals surface area contributed by atoms with E-state index in [0.29, 0.717) is 39.5 Å². The van der Waals surface area contributed by atoms with Gasteiger partial charge in [-0.25, -0.2) is 19.6 Å². The first-order chi connectivity index (χ1) is 20.3. The van der Waals surface area contributed by atoms with Crippen LogP contribution in [0.5, 0.6) is 0 Å². The average molecular weight is 585 g/mol. The summed E-state index contributed by atoms with van der Waals surface area (Å²) >= 11 is 0.933. The van der Waals surface area contributed by atoms with Crippen molar-refractivity contribution in [3.8, 4) is 29.0 Å². The Balaban J connectivity index is 1.39. The Morgan fingerprint density at radius 2 is 1.67 bits per heavy atom. The van der Waals surface area contributed by atoms with E-state index in [1.807, 2.05) is 6.07 Å². The number of carbonyl (C=O) groups is 3. The van der Waals surface area contributed by atoms with Gasteiger partial charge in [0.05, 0.1) is 41.3 Å². The van der Waals surface area contributed by atoms with Crippen LogP contribution in [-0.2, 0) is 14.3 Å². The molecule has 0 radical (unpaired) electrons. The normalized spacial score (nSPS) is 11.6. The molecule has 5 aromatic rings. The van der Waals surface area contributed by atoms with Gasteiger partial charge in [-0.2, -0.15) is 5.26 Å². The van der Waals surface area contributed by atoms with Crippen LogP contribution in [0, 0.1) is 18.3 Å². The number of nitriles is 1. The minimum absolute atomic E-state index is 0.145. The molecule has 1 N–H and O–H groups in total. The summed E-state index contributed by atoms with van der Waals surface area (Å²) in [7, 11) is 0. The van der Waals surface area contributed by atoms with Crippen LogP contribution >= 0.6 is 11.3 Å². The Kier molecular flexibility index (Phi) is 8.12. The molecule has 4 heterocycles. The van der Waals surface area contributed by atoms with Gasteiger partial charge < -0.3 is 23.6 Å². The SMILES string of the molecule is CCOC(=O)c1sc(NC(=O)C(CC)OC(=O)c2ccc3nc(-c4ccco4)c(-c4ccco4)nc3c2)c(C#N)c1C. The zero-order valence-corrected chi connectivity index (χ0v) is 23.6. The number of hydrogen-bond acceptors (Lipinski definition) is 11. The first-order valence-electron chi connectivity index (χ1n) is 13.0. The van der Waals surface area contributed by atoms with Crippen molar-refractivity contribution in [3.05, 3.63) is 76.6 Å². The van der Waals surface area contributed by atoms with Gasteiger partial charge in [0.15, 0.2) is 17.6 Å². The summed E-state index contributed by atoms with van der Waals surface area (Å²) in [6.07, 6.45) is 2.05. The molecule has 42 heavy (non-hydrogen) atoms. The monoisotopic (exact) mass is 584 g/mol. The number of ether oxygens (including phenoxy) is 2. The van der Waals surface area contributed by atoms with Crippen molar-refractivity contribution in [3.63, 3.8) is 0 Å². The lowest BCUT2D eigenvalue weighted by Gasteiger charge is -2.16. The molecule has 1 atom stereocenters. The van der Waals surface area contributed by atoms with E-state index in [1.54, 1.807) is 51.1 Å². The minimum Gasteiger partial charge on any atom is -0.463 e. The molecular formula is C30H24N4O7S. The maximum Gasteiger partial charge on any atom is 0.348 e. The molecule has 0 spiro atoms. The molecule has 1 amide bonds. The lowest BCUT2D eigenvalue weighted by atomic mass is 10.1. The number of furan rings is 2. The summed E-state index contributed by atoms with van der Waals surface area (Å²) in [6.45, 7) is 5.13. The summed E-state index contributed by atoms with van der Waals surface area (Å²) < 4.78 is 21.7. The van der Waals surface area contributed by atoms with Crippen molar-refractivity contribution in [1.82, 2.24) is 9.97 Å². The van der Waals surface area contributed by atoms with Gasteiger partial charge in [-0.3, -0.25) is 4.79 Å². The van der Waals surface area contributed by atoms with E-state index in [0.717, 1.165) is 11.3 Å². The number of rotatable bonds is 9. The number of carbonyl (C=O) groups excluding carboxylic acids is 3. The van der Waals surface area contributed by atoms with Gasteiger partial charge in [0.25, 0.3) is 5.91 Å². The summed E-state index contributed by atoms with van der Waals surface area (Å²) in [4.78, 5) is 48.1. The summed E-state index contributed by atoms with van der Waals surface area (Å²) in [6, 6.07) is 13.7. The van der Waals surface area contributed by atoms with Crippen LogP contribution in [-0.4, -0.2) is 40.5 Å². The van der Waals surface area contributed by atoms with Crippen LogP contribution in [0.25, 0.3) is 33.9 Å². The van der Waals surface area contributed by atoms with Gasteiger partial charge in [-0.15, -0.1) is 11.3 Å². The summed E-state index contributed by atoms with van der Waals surface area (Å²) in [5.41, 5.74) is 2.53. The van der Waals surface area contributed by atoms with Gasteiger partial charge >= 0.3 is 11.9 Å².